The normalized spacial score (nSPS) is 18.0. The van der Waals surface area contributed by atoms with E-state index in [9.17, 15) is 19.1 Å². The van der Waals surface area contributed by atoms with Crippen LogP contribution >= 0.6 is 0 Å². The van der Waals surface area contributed by atoms with E-state index in [1.165, 1.54) is 29.2 Å². The molecule has 1 N–H and O–H groups in total. The Balaban J connectivity index is 1.72. The van der Waals surface area contributed by atoms with Gasteiger partial charge in [-0.2, -0.15) is 0 Å². The summed E-state index contributed by atoms with van der Waals surface area (Å²) in [6, 6.07) is 11.9. The summed E-state index contributed by atoms with van der Waals surface area (Å²) >= 11 is 0. The first-order chi connectivity index (χ1) is 15.0. The number of rotatable bonds is 6. The fraction of sp³-hybridized carbons (Fsp3) is 0.208. The number of Topliss-reactive ketones (excluding diaryl/α,β-unsaturated/α-hetero) is 1. The summed E-state index contributed by atoms with van der Waals surface area (Å²) in [4.78, 5) is 31.3. The van der Waals surface area contributed by atoms with Crippen LogP contribution in [0.2, 0.25) is 0 Å². The van der Waals surface area contributed by atoms with E-state index in [2.05, 4.69) is 4.98 Å². The molecule has 1 aromatic heterocycles. The summed E-state index contributed by atoms with van der Waals surface area (Å²) in [6.07, 6.45) is 5.77. The van der Waals surface area contributed by atoms with E-state index < -0.39 is 23.5 Å². The van der Waals surface area contributed by atoms with Crippen molar-refractivity contribution in [2.45, 2.75) is 25.9 Å². The molecule has 0 aliphatic carbocycles. The van der Waals surface area contributed by atoms with Crippen LogP contribution in [0.25, 0.3) is 5.76 Å². The molecule has 2 aromatic carbocycles. The molecule has 0 saturated carbocycles. The second-order valence-corrected chi connectivity index (χ2v) is 7.56. The van der Waals surface area contributed by atoms with Gasteiger partial charge in [0.1, 0.15) is 11.6 Å². The molecule has 0 radical (unpaired) electrons. The van der Waals surface area contributed by atoms with Crippen LogP contribution in [0.5, 0.6) is 0 Å². The number of carbonyl (C=O) groups is 2. The zero-order valence-electron chi connectivity index (χ0n) is 17.0. The van der Waals surface area contributed by atoms with Crippen molar-refractivity contribution in [1.82, 2.24) is 14.5 Å². The highest BCUT2D eigenvalue weighted by Gasteiger charge is 2.45. The molecule has 1 aliphatic heterocycles. The first-order valence-corrected chi connectivity index (χ1v) is 10.0. The third-order valence-corrected chi connectivity index (χ3v) is 5.43. The molecule has 7 heteroatoms. The topological polar surface area (TPSA) is 75.4 Å². The Morgan fingerprint density at radius 3 is 2.42 bits per heavy atom. The maximum absolute atomic E-state index is 13.5. The monoisotopic (exact) mass is 419 g/mol. The minimum atomic E-state index is -0.787. The molecule has 2 heterocycles. The number of hydrogen-bond acceptors (Lipinski definition) is 4. The predicted octanol–water partition coefficient (Wildman–Crippen LogP) is 3.84. The molecule has 1 fully saturated rings. The number of ketones is 1. The summed E-state index contributed by atoms with van der Waals surface area (Å²) in [6.45, 7) is 2.84. The second kappa shape index (κ2) is 8.55. The van der Waals surface area contributed by atoms with E-state index in [1.54, 1.807) is 24.7 Å². The molecule has 1 saturated heterocycles. The summed E-state index contributed by atoms with van der Waals surface area (Å²) in [7, 11) is 0. The first-order valence-electron chi connectivity index (χ1n) is 10.0. The lowest BCUT2D eigenvalue weighted by Gasteiger charge is -2.25. The van der Waals surface area contributed by atoms with Gasteiger partial charge in [0.05, 0.1) is 17.9 Å². The first kappa shape index (κ1) is 20.5. The number of halogens is 1. The SMILES string of the molecule is Cc1ccc(/C(O)=C2\C(=O)C(=O)N(CCCn3ccnc3)[C@@H]2c2ccc(F)cc2)cc1. The molecule has 1 aliphatic rings. The summed E-state index contributed by atoms with van der Waals surface area (Å²) in [5.41, 5.74) is 2.04. The molecule has 0 unspecified atom stereocenters. The molecular formula is C24H22FN3O3. The number of benzene rings is 2. The summed E-state index contributed by atoms with van der Waals surface area (Å²) in [5.74, 6) is -2.06. The third-order valence-electron chi connectivity index (χ3n) is 5.43. The van der Waals surface area contributed by atoms with Crippen LogP contribution < -0.4 is 0 Å². The molecule has 0 spiro atoms. The number of nitrogens with zero attached hydrogens (tertiary/aromatic N) is 3. The van der Waals surface area contributed by atoms with Gasteiger partial charge < -0.3 is 14.6 Å². The minimum Gasteiger partial charge on any atom is -0.507 e. The van der Waals surface area contributed by atoms with E-state index in [0.717, 1.165) is 5.56 Å². The Morgan fingerprint density at radius 2 is 1.77 bits per heavy atom. The summed E-state index contributed by atoms with van der Waals surface area (Å²) < 4.78 is 15.4. The van der Waals surface area contributed by atoms with Gasteiger partial charge in [0, 0.05) is 31.0 Å². The zero-order valence-corrected chi connectivity index (χ0v) is 17.0. The Bertz CT molecular complexity index is 1120. The Kier molecular flexibility index (Phi) is 5.66. The van der Waals surface area contributed by atoms with Crippen LogP contribution in [-0.4, -0.2) is 37.8 Å². The maximum Gasteiger partial charge on any atom is 0.295 e. The van der Waals surface area contributed by atoms with Crippen LogP contribution in [0.15, 0.2) is 72.8 Å². The largest absolute Gasteiger partial charge is 0.507 e. The standard InChI is InChI=1S/C24H22FN3O3/c1-16-3-5-18(6-4-16)22(29)20-21(17-7-9-19(25)10-8-17)28(24(31)23(20)30)13-2-12-27-14-11-26-15-27/h3-11,14-15,21,29H,2,12-13H2,1H3/b22-20+/t21-/m1/s1. The smallest absolute Gasteiger partial charge is 0.295 e. The second-order valence-electron chi connectivity index (χ2n) is 7.56. The molecule has 3 aromatic rings. The van der Waals surface area contributed by atoms with Gasteiger partial charge in [-0.1, -0.05) is 42.0 Å². The van der Waals surface area contributed by atoms with E-state index in [-0.39, 0.29) is 11.3 Å². The van der Waals surface area contributed by atoms with Gasteiger partial charge in [-0.15, -0.1) is 0 Å². The van der Waals surface area contributed by atoms with Crippen molar-refractivity contribution in [2.75, 3.05) is 6.54 Å². The fourth-order valence-electron chi connectivity index (χ4n) is 3.81. The number of aromatic nitrogens is 2. The van der Waals surface area contributed by atoms with Gasteiger partial charge in [-0.05, 0) is 31.0 Å². The Hall–Kier alpha value is -3.74. The third kappa shape index (κ3) is 4.12. The van der Waals surface area contributed by atoms with Gasteiger partial charge >= 0.3 is 0 Å². The maximum atomic E-state index is 13.5. The molecule has 4 rings (SSSR count). The molecule has 31 heavy (non-hydrogen) atoms. The highest BCUT2D eigenvalue weighted by molar-refractivity contribution is 6.46. The number of carbonyl (C=O) groups excluding carboxylic acids is 2. The number of hydrogen-bond donors (Lipinski definition) is 1. The van der Waals surface area contributed by atoms with Crippen LogP contribution in [0.1, 0.15) is 29.2 Å². The molecule has 158 valence electrons. The predicted molar refractivity (Wildman–Crippen MR) is 113 cm³/mol. The molecule has 0 bridgehead atoms. The highest BCUT2D eigenvalue weighted by atomic mass is 19.1. The van der Waals surface area contributed by atoms with Crippen LogP contribution in [-0.2, 0) is 16.1 Å². The number of aryl methyl sites for hydroxylation is 2. The lowest BCUT2D eigenvalue weighted by molar-refractivity contribution is -0.139. The summed E-state index contributed by atoms with van der Waals surface area (Å²) in [5, 5.41) is 11.0. The van der Waals surface area contributed by atoms with Crippen molar-refractivity contribution in [3.63, 3.8) is 0 Å². The van der Waals surface area contributed by atoms with Gasteiger partial charge in [0.25, 0.3) is 11.7 Å². The molecular weight excluding hydrogens is 397 g/mol. The zero-order chi connectivity index (χ0) is 22.0. The van der Waals surface area contributed by atoms with Gasteiger partial charge in [-0.25, -0.2) is 9.37 Å². The van der Waals surface area contributed by atoms with Gasteiger partial charge in [-0.3, -0.25) is 9.59 Å². The lowest BCUT2D eigenvalue weighted by Crippen LogP contribution is -2.31. The average Bonchev–Trinajstić information content (AvgIpc) is 3.37. The lowest BCUT2D eigenvalue weighted by atomic mass is 9.95. The van der Waals surface area contributed by atoms with E-state index in [1.807, 2.05) is 29.8 Å². The van der Waals surface area contributed by atoms with Crippen LogP contribution in [0, 0.1) is 12.7 Å². The van der Waals surface area contributed by atoms with Crippen molar-refractivity contribution in [2.24, 2.45) is 0 Å². The van der Waals surface area contributed by atoms with Crippen molar-refractivity contribution < 1.29 is 19.1 Å². The van der Waals surface area contributed by atoms with Crippen LogP contribution in [0.3, 0.4) is 0 Å². The number of imidazole rings is 1. The minimum absolute atomic E-state index is 0.0168. The van der Waals surface area contributed by atoms with Crippen molar-refractivity contribution in [3.05, 3.63) is 95.3 Å². The number of likely N-dealkylation sites (tertiary alicyclic amines) is 1. The van der Waals surface area contributed by atoms with Gasteiger partial charge in [0.15, 0.2) is 0 Å². The van der Waals surface area contributed by atoms with Crippen LogP contribution in [0.4, 0.5) is 4.39 Å². The van der Waals surface area contributed by atoms with E-state index in [4.69, 9.17) is 0 Å². The number of amides is 1. The number of aliphatic hydroxyl groups is 1. The highest BCUT2D eigenvalue weighted by Crippen LogP contribution is 2.39. The molecule has 1 atom stereocenters. The van der Waals surface area contributed by atoms with Crippen molar-refractivity contribution in [3.8, 4) is 0 Å². The molecule has 6 nitrogen and oxygen atoms in total. The van der Waals surface area contributed by atoms with Crippen molar-refractivity contribution in [1.29, 1.82) is 0 Å². The van der Waals surface area contributed by atoms with Gasteiger partial charge in [0.2, 0.25) is 0 Å². The van der Waals surface area contributed by atoms with E-state index >= 15 is 0 Å². The average molecular weight is 419 g/mol. The Labute approximate surface area is 179 Å². The van der Waals surface area contributed by atoms with Crippen molar-refractivity contribution >= 4 is 17.4 Å². The number of aliphatic hydroxyl groups excluding tert-OH is 1. The quantitative estimate of drug-likeness (QED) is 0.374. The molecule has 1 amide bonds. The Morgan fingerprint density at radius 1 is 1.06 bits per heavy atom. The fourth-order valence-corrected chi connectivity index (χ4v) is 3.81. The van der Waals surface area contributed by atoms with E-state index in [0.29, 0.717) is 30.6 Å².